The summed E-state index contributed by atoms with van der Waals surface area (Å²) in [6, 6.07) is 1.77. The summed E-state index contributed by atoms with van der Waals surface area (Å²) >= 11 is 1.12. The Morgan fingerprint density at radius 1 is 1.44 bits per heavy atom. The maximum absolute atomic E-state index is 11.5. The number of aliphatic carboxylic acids is 2. The van der Waals surface area contributed by atoms with Crippen molar-refractivity contribution < 1.29 is 29.3 Å². The maximum Gasteiger partial charge on any atom is 0.411 e. The second-order valence-corrected chi connectivity index (χ2v) is 4.23. The van der Waals surface area contributed by atoms with E-state index < -0.39 is 30.6 Å². The van der Waals surface area contributed by atoms with Gasteiger partial charge in [0.05, 0.1) is 7.11 Å². The third-order valence-electron chi connectivity index (χ3n) is 2.07. The SMILES string of the molecule is COC(=O)N(CC(=O)O)C(C(=O)O)c1cccs1. The van der Waals surface area contributed by atoms with Gasteiger partial charge < -0.3 is 14.9 Å². The number of carbonyl (C=O) groups is 3. The predicted molar refractivity (Wildman–Crippen MR) is 61.4 cm³/mol. The minimum Gasteiger partial charge on any atom is -0.480 e. The van der Waals surface area contributed by atoms with Crippen LogP contribution in [0, 0.1) is 0 Å². The van der Waals surface area contributed by atoms with Gasteiger partial charge in [-0.15, -0.1) is 11.3 Å². The first kappa shape index (κ1) is 14.0. The Labute approximate surface area is 106 Å². The second-order valence-electron chi connectivity index (χ2n) is 3.25. The molecule has 1 heterocycles. The van der Waals surface area contributed by atoms with Crippen LogP contribution in [0.5, 0.6) is 0 Å². The lowest BCUT2D eigenvalue weighted by molar-refractivity contribution is -0.145. The van der Waals surface area contributed by atoms with Crippen molar-refractivity contribution in [3.63, 3.8) is 0 Å². The highest BCUT2D eigenvalue weighted by Crippen LogP contribution is 2.25. The van der Waals surface area contributed by atoms with Crippen molar-refractivity contribution in [2.45, 2.75) is 6.04 Å². The number of thiophene rings is 1. The first-order valence-corrected chi connectivity index (χ1v) is 5.68. The fraction of sp³-hybridized carbons (Fsp3) is 0.300. The molecule has 0 fully saturated rings. The number of hydrogen-bond acceptors (Lipinski definition) is 5. The van der Waals surface area contributed by atoms with E-state index in [1.54, 1.807) is 11.4 Å². The molecule has 1 aromatic rings. The standard InChI is InChI=1S/C10H11NO6S/c1-17-10(16)11(5-7(12)13)8(9(14)15)6-3-2-4-18-6/h2-4,8H,5H2,1H3,(H,12,13)(H,14,15). The lowest BCUT2D eigenvalue weighted by Crippen LogP contribution is -2.41. The molecular formula is C10H11NO6S. The summed E-state index contributed by atoms with van der Waals surface area (Å²) in [6.07, 6.45) is -1.00. The monoisotopic (exact) mass is 273 g/mol. The van der Waals surface area contributed by atoms with Crippen LogP contribution < -0.4 is 0 Å². The summed E-state index contributed by atoms with van der Waals surface area (Å²) in [6.45, 7) is -0.748. The van der Waals surface area contributed by atoms with E-state index in [4.69, 9.17) is 10.2 Å². The fourth-order valence-corrected chi connectivity index (χ4v) is 2.21. The van der Waals surface area contributed by atoms with Gasteiger partial charge in [0, 0.05) is 4.88 Å². The largest absolute Gasteiger partial charge is 0.480 e. The molecule has 0 saturated carbocycles. The molecule has 0 saturated heterocycles. The van der Waals surface area contributed by atoms with Gasteiger partial charge in [-0.3, -0.25) is 9.69 Å². The lowest BCUT2D eigenvalue weighted by atomic mass is 10.2. The lowest BCUT2D eigenvalue weighted by Gasteiger charge is -2.25. The van der Waals surface area contributed by atoms with Crippen molar-refractivity contribution in [2.24, 2.45) is 0 Å². The molecule has 1 atom stereocenters. The number of amides is 1. The van der Waals surface area contributed by atoms with Crippen molar-refractivity contribution in [1.82, 2.24) is 4.90 Å². The van der Waals surface area contributed by atoms with Gasteiger partial charge in [0.2, 0.25) is 0 Å². The number of nitrogens with zero attached hydrogens (tertiary/aromatic N) is 1. The topological polar surface area (TPSA) is 104 Å². The molecule has 1 aromatic heterocycles. The van der Waals surface area contributed by atoms with Crippen molar-refractivity contribution >= 4 is 29.4 Å². The second kappa shape index (κ2) is 6.01. The first-order valence-electron chi connectivity index (χ1n) is 4.80. The smallest absolute Gasteiger partial charge is 0.411 e. The molecule has 0 bridgehead atoms. The highest BCUT2D eigenvalue weighted by atomic mass is 32.1. The Balaban J connectivity index is 3.09. The molecule has 2 N–H and O–H groups in total. The van der Waals surface area contributed by atoms with Gasteiger partial charge in [-0.25, -0.2) is 9.59 Å². The Morgan fingerprint density at radius 3 is 2.50 bits per heavy atom. The van der Waals surface area contributed by atoms with E-state index in [0.29, 0.717) is 9.78 Å². The zero-order valence-corrected chi connectivity index (χ0v) is 10.2. The van der Waals surface area contributed by atoms with Crippen LogP contribution in [0.25, 0.3) is 0 Å². The van der Waals surface area contributed by atoms with Crippen molar-refractivity contribution in [3.05, 3.63) is 22.4 Å². The normalized spacial score (nSPS) is 11.6. The molecule has 0 aliphatic carbocycles. The number of carboxylic acid groups (broad SMARTS) is 2. The number of ether oxygens (including phenoxy) is 1. The van der Waals surface area contributed by atoms with Crippen LogP contribution in [0.4, 0.5) is 4.79 Å². The molecule has 1 unspecified atom stereocenters. The molecule has 18 heavy (non-hydrogen) atoms. The number of carbonyl (C=O) groups excluding carboxylic acids is 1. The van der Waals surface area contributed by atoms with Gasteiger partial charge in [-0.05, 0) is 11.4 Å². The van der Waals surface area contributed by atoms with E-state index in [0.717, 1.165) is 18.4 Å². The molecule has 0 aliphatic rings. The van der Waals surface area contributed by atoms with Crippen LogP contribution in [0.15, 0.2) is 17.5 Å². The quantitative estimate of drug-likeness (QED) is 0.830. The first-order chi connectivity index (χ1) is 8.47. The van der Waals surface area contributed by atoms with E-state index in [-0.39, 0.29) is 0 Å². The van der Waals surface area contributed by atoms with Gasteiger partial charge in [0.15, 0.2) is 6.04 Å². The summed E-state index contributed by atoms with van der Waals surface area (Å²) in [5.74, 6) is -2.63. The summed E-state index contributed by atoms with van der Waals surface area (Å²) in [5.41, 5.74) is 0. The minimum atomic E-state index is -1.37. The molecule has 0 aliphatic heterocycles. The molecule has 0 aromatic carbocycles. The highest BCUT2D eigenvalue weighted by molar-refractivity contribution is 7.10. The van der Waals surface area contributed by atoms with Crippen molar-refractivity contribution in [2.75, 3.05) is 13.7 Å². The zero-order chi connectivity index (χ0) is 13.7. The van der Waals surface area contributed by atoms with Crippen LogP contribution in [0.1, 0.15) is 10.9 Å². The number of methoxy groups -OCH3 is 1. The van der Waals surface area contributed by atoms with Gasteiger partial charge in [0.1, 0.15) is 6.54 Å². The minimum absolute atomic E-state index is 0.356. The maximum atomic E-state index is 11.5. The molecule has 1 rings (SSSR count). The third kappa shape index (κ3) is 3.20. The molecule has 0 radical (unpaired) electrons. The third-order valence-corrected chi connectivity index (χ3v) is 3.00. The van der Waals surface area contributed by atoms with E-state index in [2.05, 4.69) is 4.74 Å². The summed E-state index contributed by atoms with van der Waals surface area (Å²) in [4.78, 5) is 34.4. The van der Waals surface area contributed by atoms with Crippen LogP contribution in [0.2, 0.25) is 0 Å². The fourth-order valence-electron chi connectivity index (χ4n) is 1.38. The van der Waals surface area contributed by atoms with E-state index in [9.17, 15) is 14.4 Å². The van der Waals surface area contributed by atoms with Crippen LogP contribution in [-0.2, 0) is 14.3 Å². The molecule has 0 spiro atoms. The van der Waals surface area contributed by atoms with E-state index >= 15 is 0 Å². The Morgan fingerprint density at radius 2 is 2.11 bits per heavy atom. The molecular weight excluding hydrogens is 262 g/mol. The molecule has 98 valence electrons. The summed E-state index contributed by atoms with van der Waals surface area (Å²) in [5, 5.41) is 19.5. The van der Waals surface area contributed by atoms with Crippen LogP contribution in [-0.4, -0.2) is 46.8 Å². The average molecular weight is 273 g/mol. The summed E-state index contributed by atoms with van der Waals surface area (Å²) < 4.78 is 4.41. The van der Waals surface area contributed by atoms with E-state index in [1.807, 2.05) is 0 Å². The van der Waals surface area contributed by atoms with E-state index in [1.165, 1.54) is 6.07 Å². The van der Waals surface area contributed by atoms with Crippen LogP contribution >= 0.6 is 11.3 Å². The van der Waals surface area contributed by atoms with Gasteiger partial charge in [-0.1, -0.05) is 6.07 Å². The molecule has 8 heteroatoms. The Bertz CT molecular complexity index is 443. The Kier molecular flexibility index (Phi) is 4.67. The predicted octanol–water partition coefficient (Wildman–Crippen LogP) is 1.03. The number of hydrogen-bond donors (Lipinski definition) is 2. The van der Waals surface area contributed by atoms with Crippen molar-refractivity contribution in [3.8, 4) is 0 Å². The van der Waals surface area contributed by atoms with Crippen molar-refractivity contribution in [1.29, 1.82) is 0 Å². The Hall–Kier alpha value is -2.09. The number of carboxylic acids is 2. The summed E-state index contributed by atoms with van der Waals surface area (Å²) in [7, 11) is 1.06. The molecule has 1 amide bonds. The van der Waals surface area contributed by atoms with Gasteiger partial charge in [0.25, 0.3) is 0 Å². The van der Waals surface area contributed by atoms with Crippen LogP contribution in [0.3, 0.4) is 0 Å². The average Bonchev–Trinajstić information content (AvgIpc) is 2.79. The number of rotatable bonds is 5. The highest BCUT2D eigenvalue weighted by Gasteiger charge is 2.34. The zero-order valence-electron chi connectivity index (χ0n) is 9.40. The van der Waals surface area contributed by atoms with Gasteiger partial charge in [-0.2, -0.15) is 0 Å². The van der Waals surface area contributed by atoms with Gasteiger partial charge >= 0.3 is 18.0 Å². The molecule has 7 nitrogen and oxygen atoms in total.